The van der Waals surface area contributed by atoms with Gasteiger partial charge >= 0.3 is 0 Å². The van der Waals surface area contributed by atoms with Crippen LogP contribution in [0.3, 0.4) is 0 Å². The molecule has 1 aliphatic rings. The summed E-state index contributed by atoms with van der Waals surface area (Å²) in [6.07, 6.45) is 5.50. The first-order chi connectivity index (χ1) is 10.4. The zero-order valence-electron chi connectivity index (χ0n) is 12.1. The van der Waals surface area contributed by atoms with Gasteiger partial charge in [0, 0.05) is 37.3 Å². The van der Waals surface area contributed by atoms with Crippen LogP contribution in [0.4, 0.5) is 11.6 Å². The molecule has 0 atom stereocenters. The van der Waals surface area contributed by atoms with Gasteiger partial charge in [-0.25, -0.2) is 9.97 Å². The van der Waals surface area contributed by atoms with Crippen LogP contribution in [-0.4, -0.2) is 36.3 Å². The Morgan fingerprint density at radius 1 is 1.10 bits per heavy atom. The Labute approximate surface area is 124 Å². The fourth-order valence-corrected chi connectivity index (χ4v) is 2.59. The van der Waals surface area contributed by atoms with Crippen molar-refractivity contribution in [3.8, 4) is 5.75 Å². The largest absolute Gasteiger partial charge is 0.497 e. The van der Waals surface area contributed by atoms with Gasteiger partial charge in [-0.05, 0) is 43.2 Å². The molecule has 0 radical (unpaired) electrons. The number of rotatable bonds is 4. The summed E-state index contributed by atoms with van der Waals surface area (Å²) < 4.78 is 10.7. The molecule has 1 saturated heterocycles. The number of anilines is 2. The highest BCUT2D eigenvalue weighted by molar-refractivity contribution is 5.59. The van der Waals surface area contributed by atoms with Crippen molar-refractivity contribution in [1.29, 1.82) is 0 Å². The molecule has 0 bridgehead atoms. The highest BCUT2D eigenvalue weighted by Gasteiger charge is 2.25. The third kappa shape index (κ3) is 3.13. The van der Waals surface area contributed by atoms with E-state index in [-0.39, 0.29) is 0 Å². The van der Waals surface area contributed by atoms with E-state index >= 15 is 0 Å². The second kappa shape index (κ2) is 6.54. The molecule has 21 heavy (non-hydrogen) atoms. The van der Waals surface area contributed by atoms with Crippen LogP contribution in [0.1, 0.15) is 12.8 Å². The number of benzene rings is 1. The van der Waals surface area contributed by atoms with Crippen LogP contribution in [-0.2, 0) is 4.74 Å². The number of methoxy groups -OCH3 is 1. The summed E-state index contributed by atoms with van der Waals surface area (Å²) >= 11 is 0. The molecule has 0 amide bonds. The van der Waals surface area contributed by atoms with Gasteiger partial charge < -0.3 is 14.4 Å². The number of ether oxygens (including phenoxy) is 2. The van der Waals surface area contributed by atoms with E-state index in [0.717, 1.165) is 43.4 Å². The molecule has 0 aliphatic carbocycles. The molecular formula is C16H19N3O2. The highest BCUT2D eigenvalue weighted by atomic mass is 16.5. The van der Waals surface area contributed by atoms with E-state index in [9.17, 15) is 0 Å². The number of hydrogen-bond acceptors (Lipinski definition) is 5. The van der Waals surface area contributed by atoms with E-state index in [1.807, 2.05) is 30.3 Å². The molecule has 5 nitrogen and oxygen atoms in total. The maximum Gasteiger partial charge on any atom is 0.230 e. The maximum absolute atomic E-state index is 5.47. The zero-order valence-corrected chi connectivity index (χ0v) is 12.1. The Morgan fingerprint density at radius 3 is 2.38 bits per heavy atom. The van der Waals surface area contributed by atoms with Crippen molar-refractivity contribution in [3.63, 3.8) is 0 Å². The van der Waals surface area contributed by atoms with Gasteiger partial charge in [-0.3, -0.25) is 0 Å². The van der Waals surface area contributed by atoms with Gasteiger partial charge in [0.25, 0.3) is 0 Å². The van der Waals surface area contributed by atoms with Gasteiger partial charge in [0.2, 0.25) is 5.95 Å². The number of aromatic nitrogens is 2. The van der Waals surface area contributed by atoms with Gasteiger partial charge in [-0.1, -0.05) is 0 Å². The van der Waals surface area contributed by atoms with Gasteiger partial charge in [0.1, 0.15) is 5.75 Å². The molecule has 0 saturated carbocycles. The first-order valence-electron chi connectivity index (χ1n) is 7.16. The monoisotopic (exact) mass is 285 g/mol. The van der Waals surface area contributed by atoms with Gasteiger partial charge in [0.05, 0.1) is 7.11 Å². The quantitative estimate of drug-likeness (QED) is 0.864. The van der Waals surface area contributed by atoms with E-state index in [4.69, 9.17) is 9.47 Å². The molecule has 1 aliphatic heterocycles. The normalized spacial score (nSPS) is 15.7. The average molecular weight is 285 g/mol. The second-order valence-corrected chi connectivity index (χ2v) is 4.96. The van der Waals surface area contributed by atoms with Gasteiger partial charge in [0.15, 0.2) is 0 Å². The maximum atomic E-state index is 5.47. The summed E-state index contributed by atoms with van der Waals surface area (Å²) in [7, 11) is 1.67. The molecule has 3 rings (SSSR count). The third-order valence-corrected chi connectivity index (χ3v) is 3.67. The first kappa shape index (κ1) is 13.8. The van der Waals surface area contributed by atoms with Crippen LogP contribution in [0.15, 0.2) is 42.7 Å². The average Bonchev–Trinajstić information content (AvgIpc) is 2.58. The molecule has 0 unspecified atom stereocenters. The Balaban J connectivity index is 1.94. The molecule has 5 heteroatoms. The minimum Gasteiger partial charge on any atom is -0.497 e. The first-order valence-corrected chi connectivity index (χ1v) is 7.16. The Bertz CT molecular complexity index is 553. The second-order valence-electron chi connectivity index (χ2n) is 4.96. The predicted molar refractivity (Wildman–Crippen MR) is 81.0 cm³/mol. The summed E-state index contributed by atoms with van der Waals surface area (Å²) in [5, 5.41) is 0. The molecule has 1 fully saturated rings. The van der Waals surface area contributed by atoms with E-state index < -0.39 is 0 Å². The van der Waals surface area contributed by atoms with Crippen molar-refractivity contribution in [2.45, 2.75) is 18.9 Å². The number of hydrogen-bond donors (Lipinski definition) is 0. The van der Waals surface area contributed by atoms with E-state index in [2.05, 4.69) is 14.9 Å². The van der Waals surface area contributed by atoms with Crippen LogP contribution < -0.4 is 9.64 Å². The zero-order chi connectivity index (χ0) is 14.5. The van der Waals surface area contributed by atoms with Crippen molar-refractivity contribution < 1.29 is 9.47 Å². The standard InChI is InChI=1S/C16H19N3O2/c1-20-15-5-3-13(4-6-15)19(14-7-11-21-12-8-14)16-17-9-2-10-18-16/h2-6,9-10,14H,7-8,11-12H2,1H3. The fraction of sp³-hybridized carbons (Fsp3) is 0.375. The van der Waals surface area contributed by atoms with E-state index in [0.29, 0.717) is 6.04 Å². The predicted octanol–water partition coefficient (Wildman–Crippen LogP) is 2.80. The van der Waals surface area contributed by atoms with Gasteiger partial charge in [-0.15, -0.1) is 0 Å². The Morgan fingerprint density at radius 2 is 1.76 bits per heavy atom. The SMILES string of the molecule is COc1ccc(N(c2ncccn2)C2CCOCC2)cc1. The molecular weight excluding hydrogens is 266 g/mol. The van der Waals surface area contributed by atoms with Crippen molar-refractivity contribution in [3.05, 3.63) is 42.7 Å². The molecule has 110 valence electrons. The van der Waals surface area contributed by atoms with Crippen molar-refractivity contribution >= 4 is 11.6 Å². The highest BCUT2D eigenvalue weighted by Crippen LogP contribution is 2.30. The molecule has 2 heterocycles. The van der Waals surface area contributed by atoms with Crippen molar-refractivity contribution in [2.75, 3.05) is 25.2 Å². The topological polar surface area (TPSA) is 47.5 Å². The van der Waals surface area contributed by atoms with Crippen molar-refractivity contribution in [1.82, 2.24) is 9.97 Å². The van der Waals surface area contributed by atoms with E-state index in [1.54, 1.807) is 19.5 Å². The molecule has 2 aromatic rings. The van der Waals surface area contributed by atoms with E-state index in [1.165, 1.54) is 0 Å². The Hall–Kier alpha value is -2.14. The van der Waals surface area contributed by atoms with Crippen LogP contribution in [0.2, 0.25) is 0 Å². The summed E-state index contributed by atoms with van der Waals surface area (Å²) in [5.41, 5.74) is 1.08. The van der Waals surface area contributed by atoms with Crippen LogP contribution >= 0.6 is 0 Å². The molecule has 0 spiro atoms. The lowest BCUT2D eigenvalue weighted by atomic mass is 10.1. The number of nitrogens with zero attached hydrogens (tertiary/aromatic N) is 3. The summed E-state index contributed by atoms with van der Waals surface area (Å²) in [6.45, 7) is 1.56. The molecule has 0 N–H and O–H groups in total. The fourth-order valence-electron chi connectivity index (χ4n) is 2.59. The smallest absolute Gasteiger partial charge is 0.230 e. The minimum atomic E-state index is 0.356. The lowest BCUT2D eigenvalue weighted by Crippen LogP contribution is -2.37. The van der Waals surface area contributed by atoms with Gasteiger partial charge in [-0.2, -0.15) is 0 Å². The Kier molecular flexibility index (Phi) is 4.31. The molecule has 1 aromatic carbocycles. The van der Waals surface area contributed by atoms with Crippen LogP contribution in [0, 0.1) is 0 Å². The summed E-state index contributed by atoms with van der Waals surface area (Å²) in [4.78, 5) is 11.0. The van der Waals surface area contributed by atoms with Crippen molar-refractivity contribution in [2.24, 2.45) is 0 Å². The summed E-state index contributed by atoms with van der Waals surface area (Å²) in [5.74, 6) is 1.58. The molecule has 1 aromatic heterocycles. The van der Waals surface area contributed by atoms with Crippen LogP contribution in [0.5, 0.6) is 5.75 Å². The lowest BCUT2D eigenvalue weighted by Gasteiger charge is -2.34. The summed E-state index contributed by atoms with van der Waals surface area (Å²) in [6, 6.07) is 10.2. The third-order valence-electron chi connectivity index (χ3n) is 3.67. The van der Waals surface area contributed by atoms with Crippen LogP contribution in [0.25, 0.3) is 0 Å². The lowest BCUT2D eigenvalue weighted by molar-refractivity contribution is 0.0863. The minimum absolute atomic E-state index is 0.356.